The molecule has 0 aliphatic rings. The number of benzene rings is 1. The van der Waals surface area contributed by atoms with E-state index in [9.17, 15) is 9.59 Å². The van der Waals surface area contributed by atoms with Gasteiger partial charge in [-0.15, -0.1) is 0 Å². The number of H-pyrrole nitrogens is 1. The minimum atomic E-state index is -0.996. The van der Waals surface area contributed by atoms with Crippen molar-refractivity contribution in [2.24, 2.45) is 0 Å². The zero-order valence-corrected chi connectivity index (χ0v) is 9.62. The van der Waals surface area contributed by atoms with Crippen molar-refractivity contribution in [2.75, 3.05) is 0 Å². The van der Waals surface area contributed by atoms with Gasteiger partial charge in [-0.1, -0.05) is 6.07 Å². The summed E-state index contributed by atoms with van der Waals surface area (Å²) in [7, 11) is 0. The van der Waals surface area contributed by atoms with E-state index in [1.165, 1.54) is 17.0 Å². The van der Waals surface area contributed by atoms with E-state index in [1.54, 1.807) is 18.2 Å². The van der Waals surface area contributed by atoms with Crippen LogP contribution in [0.1, 0.15) is 11.1 Å². The molecule has 0 fully saturated rings. The molecule has 1 aromatic carbocycles. The number of nitrogens with one attached hydrogen (secondary N) is 1. The Morgan fingerprint density at radius 2 is 2.28 bits per heavy atom. The maximum Gasteiger partial charge on any atom is 0.347 e. The van der Waals surface area contributed by atoms with E-state index in [2.05, 4.69) is 10.2 Å². The van der Waals surface area contributed by atoms with Gasteiger partial charge in [0.25, 0.3) is 0 Å². The molecule has 6 heteroatoms. The summed E-state index contributed by atoms with van der Waals surface area (Å²) in [4.78, 5) is 21.8. The van der Waals surface area contributed by atoms with Crippen LogP contribution in [0.4, 0.5) is 0 Å². The molecule has 0 saturated heterocycles. The maximum atomic E-state index is 11.4. The minimum Gasteiger partial charge on any atom is -0.478 e. The average molecular weight is 245 g/mol. The lowest BCUT2D eigenvalue weighted by molar-refractivity contribution is -0.131. The Balaban J connectivity index is 2.39. The summed E-state index contributed by atoms with van der Waals surface area (Å²) in [5.74, 6) is -0.996. The molecule has 0 spiro atoms. The van der Waals surface area contributed by atoms with Crippen molar-refractivity contribution in [3.05, 3.63) is 52.2 Å². The number of rotatable bonds is 3. The van der Waals surface area contributed by atoms with Crippen molar-refractivity contribution in [3.63, 3.8) is 0 Å². The Labute approximate surface area is 102 Å². The highest BCUT2D eigenvalue weighted by atomic mass is 16.4. The summed E-state index contributed by atoms with van der Waals surface area (Å²) >= 11 is 0. The van der Waals surface area contributed by atoms with E-state index in [-0.39, 0.29) is 5.69 Å². The third-order valence-corrected chi connectivity index (χ3v) is 2.49. The van der Waals surface area contributed by atoms with Crippen molar-refractivity contribution in [1.82, 2.24) is 14.8 Å². The van der Waals surface area contributed by atoms with E-state index < -0.39 is 5.97 Å². The van der Waals surface area contributed by atoms with Crippen LogP contribution in [0.25, 0.3) is 11.8 Å². The van der Waals surface area contributed by atoms with Crippen LogP contribution in [0, 0.1) is 6.92 Å². The molecule has 0 amide bonds. The van der Waals surface area contributed by atoms with Gasteiger partial charge in [0, 0.05) is 6.08 Å². The number of nitrogens with zero attached hydrogens (tertiary/aromatic N) is 2. The summed E-state index contributed by atoms with van der Waals surface area (Å²) in [5.41, 5.74) is 2.03. The Morgan fingerprint density at radius 1 is 1.50 bits per heavy atom. The van der Waals surface area contributed by atoms with E-state index >= 15 is 0 Å². The standard InChI is InChI=1S/C12H11N3O3/c1-8-6-10(15-7-13-14-12(15)18)4-2-9(8)3-5-11(16)17/h2-7H,1H3,(H,14,18)(H,16,17)/b5-3+. The highest BCUT2D eigenvalue weighted by Gasteiger charge is 2.03. The summed E-state index contributed by atoms with van der Waals surface area (Å²) in [6.45, 7) is 1.84. The predicted molar refractivity (Wildman–Crippen MR) is 65.6 cm³/mol. The molecular formula is C12H11N3O3. The summed E-state index contributed by atoms with van der Waals surface area (Å²) < 4.78 is 1.37. The molecule has 0 aliphatic heterocycles. The Morgan fingerprint density at radius 3 is 2.83 bits per heavy atom. The van der Waals surface area contributed by atoms with Crippen molar-refractivity contribution >= 4 is 12.0 Å². The predicted octanol–water partition coefficient (Wildman–Crippen LogP) is 0.967. The molecule has 1 aromatic heterocycles. The molecule has 0 saturated carbocycles. The van der Waals surface area contributed by atoms with Crippen molar-refractivity contribution in [1.29, 1.82) is 0 Å². The van der Waals surface area contributed by atoms with Gasteiger partial charge < -0.3 is 5.11 Å². The molecule has 18 heavy (non-hydrogen) atoms. The van der Waals surface area contributed by atoms with Crippen molar-refractivity contribution < 1.29 is 9.90 Å². The van der Waals surface area contributed by atoms with Gasteiger partial charge in [-0.2, -0.15) is 5.10 Å². The van der Waals surface area contributed by atoms with Gasteiger partial charge in [0.15, 0.2) is 0 Å². The topological polar surface area (TPSA) is 88.0 Å². The van der Waals surface area contributed by atoms with Crippen LogP contribution < -0.4 is 5.69 Å². The number of carboxylic acid groups (broad SMARTS) is 1. The fourth-order valence-corrected chi connectivity index (χ4v) is 1.59. The van der Waals surface area contributed by atoms with Crippen LogP contribution in [0.3, 0.4) is 0 Å². The quantitative estimate of drug-likeness (QED) is 0.788. The van der Waals surface area contributed by atoms with Gasteiger partial charge in [0.05, 0.1) is 5.69 Å². The fraction of sp³-hybridized carbons (Fsp3) is 0.0833. The van der Waals surface area contributed by atoms with Crippen LogP contribution in [-0.2, 0) is 4.79 Å². The number of aromatic amines is 1. The Bertz CT molecular complexity index is 667. The van der Waals surface area contributed by atoms with Gasteiger partial charge in [0.1, 0.15) is 6.33 Å². The monoisotopic (exact) mass is 245 g/mol. The smallest absolute Gasteiger partial charge is 0.347 e. The fourth-order valence-electron chi connectivity index (χ4n) is 1.59. The van der Waals surface area contributed by atoms with E-state index in [0.717, 1.165) is 17.2 Å². The maximum absolute atomic E-state index is 11.4. The highest BCUT2D eigenvalue weighted by molar-refractivity contribution is 5.85. The molecule has 0 unspecified atom stereocenters. The molecular weight excluding hydrogens is 234 g/mol. The molecule has 2 N–H and O–H groups in total. The zero-order chi connectivity index (χ0) is 13.1. The summed E-state index contributed by atoms with van der Waals surface area (Å²) in [5, 5.41) is 14.5. The minimum absolute atomic E-state index is 0.316. The van der Waals surface area contributed by atoms with Crippen LogP contribution in [0.2, 0.25) is 0 Å². The largest absolute Gasteiger partial charge is 0.478 e. The first-order valence-corrected chi connectivity index (χ1v) is 5.22. The second kappa shape index (κ2) is 4.70. The third-order valence-electron chi connectivity index (χ3n) is 2.49. The van der Waals surface area contributed by atoms with Gasteiger partial charge in [-0.3, -0.25) is 0 Å². The average Bonchev–Trinajstić information content (AvgIpc) is 2.73. The molecule has 1 heterocycles. The van der Waals surface area contributed by atoms with Crippen LogP contribution in [0.5, 0.6) is 0 Å². The lowest BCUT2D eigenvalue weighted by Gasteiger charge is -2.04. The molecule has 2 aromatic rings. The van der Waals surface area contributed by atoms with Crippen molar-refractivity contribution in [2.45, 2.75) is 6.92 Å². The van der Waals surface area contributed by atoms with E-state index in [1.807, 2.05) is 6.92 Å². The second-order valence-electron chi connectivity index (χ2n) is 3.74. The van der Waals surface area contributed by atoms with E-state index in [4.69, 9.17) is 5.11 Å². The molecule has 0 bridgehead atoms. The normalized spacial score (nSPS) is 10.9. The molecule has 0 atom stereocenters. The number of aryl methyl sites for hydroxylation is 1. The van der Waals surface area contributed by atoms with E-state index in [0.29, 0.717) is 5.69 Å². The van der Waals surface area contributed by atoms with Crippen LogP contribution in [-0.4, -0.2) is 25.8 Å². The lowest BCUT2D eigenvalue weighted by atomic mass is 10.1. The molecule has 92 valence electrons. The van der Waals surface area contributed by atoms with Crippen LogP contribution in [0.15, 0.2) is 35.4 Å². The number of carbonyl (C=O) groups is 1. The number of hydrogen-bond acceptors (Lipinski definition) is 3. The number of carboxylic acids is 1. The number of aromatic nitrogens is 3. The Hall–Kier alpha value is -2.63. The number of hydrogen-bond donors (Lipinski definition) is 2. The molecule has 0 aliphatic carbocycles. The molecule has 6 nitrogen and oxygen atoms in total. The Kier molecular flexibility index (Phi) is 3.09. The second-order valence-corrected chi connectivity index (χ2v) is 3.74. The summed E-state index contributed by atoms with van der Waals surface area (Å²) in [6.07, 6.45) is 3.98. The highest BCUT2D eigenvalue weighted by Crippen LogP contribution is 2.14. The first-order chi connectivity index (χ1) is 8.58. The first kappa shape index (κ1) is 11.8. The van der Waals surface area contributed by atoms with Gasteiger partial charge in [-0.25, -0.2) is 19.3 Å². The van der Waals surface area contributed by atoms with Gasteiger partial charge in [-0.05, 0) is 36.3 Å². The molecule has 2 rings (SSSR count). The first-order valence-electron chi connectivity index (χ1n) is 5.22. The SMILES string of the molecule is Cc1cc(-n2cn[nH]c2=O)ccc1/C=C/C(=O)O. The van der Waals surface area contributed by atoms with Gasteiger partial charge in [0.2, 0.25) is 0 Å². The number of aliphatic carboxylic acids is 1. The molecule has 0 radical (unpaired) electrons. The third kappa shape index (κ3) is 2.37. The van der Waals surface area contributed by atoms with Crippen LogP contribution >= 0.6 is 0 Å². The lowest BCUT2D eigenvalue weighted by Crippen LogP contribution is -2.14. The summed E-state index contributed by atoms with van der Waals surface area (Å²) in [6, 6.07) is 5.27. The zero-order valence-electron chi connectivity index (χ0n) is 9.62. The van der Waals surface area contributed by atoms with Gasteiger partial charge >= 0.3 is 11.7 Å². The van der Waals surface area contributed by atoms with Crippen molar-refractivity contribution in [3.8, 4) is 5.69 Å².